The van der Waals surface area contributed by atoms with Crippen molar-refractivity contribution in [2.24, 2.45) is 0 Å². The van der Waals surface area contributed by atoms with Gasteiger partial charge in [-0.1, -0.05) is 23.7 Å². The van der Waals surface area contributed by atoms with Crippen LogP contribution in [0.15, 0.2) is 41.2 Å². The Bertz CT molecular complexity index is 848. The summed E-state index contributed by atoms with van der Waals surface area (Å²) in [4.78, 5) is 26.7. The van der Waals surface area contributed by atoms with E-state index in [-0.39, 0.29) is 23.4 Å². The molecule has 0 bridgehead atoms. The van der Waals surface area contributed by atoms with Crippen LogP contribution in [0.3, 0.4) is 0 Å². The maximum absolute atomic E-state index is 12.8. The highest BCUT2D eigenvalue weighted by atomic mass is 35.5. The molecule has 4 rings (SSSR count). The zero-order valence-electron chi connectivity index (χ0n) is 13.6. The van der Waals surface area contributed by atoms with Crippen molar-refractivity contribution in [3.8, 4) is 0 Å². The van der Waals surface area contributed by atoms with Crippen LogP contribution in [0, 0.1) is 0 Å². The molecule has 2 heterocycles. The molecular weight excluding hydrogens is 358 g/mol. The Morgan fingerprint density at radius 1 is 1.20 bits per heavy atom. The smallest absolute Gasteiger partial charge is 0.267 e. The molecule has 0 radical (unpaired) electrons. The molecule has 1 amide bonds. The largest absolute Gasteiger partial charge is 0.324 e. The van der Waals surface area contributed by atoms with Gasteiger partial charge in [0.25, 0.3) is 5.56 Å². The Kier molecular flexibility index (Phi) is 4.56. The van der Waals surface area contributed by atoms with Gasteiger partial charge in [0.2, 0.25) is 5.91 Å². The summed E-state index contributed by atoms with van der Waals surface area (Å²) in [6, 6.07) is 10.9. The van der Waals surface area contributed by atoms with E-state index >= 15 is 0 Å². The van der Waals surface area contributed by atoms with Crippen LogP contribution in [0.1, 0.15) is 35.4 Å². The molecule has 25 heavy (non-hydrogen) atoms. The highest BCUT2D eigenvalue weighted by molar-refractivity contribution is 7.99. The van der Waals surface area contributed by atoms with E-state index in [1.54, 1.807) is 17.8 Å². The lowest BCUT2D eigenvalue weighted by atomic mass is 10.2. The molecule has 2 aromatic rings. The second kappa shape index (κ2) is 6.84. The summed E-state index contributed by atoms with van der Waals surface area (Å²) in [7, 11) is 0. The average molecular weight is 376 g/mol. The van der Waals surface area contributed by atoms with Crippen LogP contribution < -0.4 is 5.56 Å². The zero-order valence-corrected chi connectivity index (χ0v) is 15.2. The van der Waals surface area contributed by atoms with Gasteiger partial charge >= 0.3 is 0 Å². The Balaban J connectivity index is 1.53. The minimum Gasteiger partial charge on any atom is -0.324 e. The van der Waals surface area contributed by atoms with Gasteiger partial charge in [0.1, 0.15) is 11.9 Å². The summed E-state index contributed by atoms with van der Waals surface area (Å²) in [6.07, 6.45) is 2.22. The van der Waals surface area contributed by atoms with Crippen molar-refractivity contribution in [2.75, 3.05) is 12.3 Å². The SMILES string of the molecule is O=C(Cn1nc(C2CC2)ccc1=O)N1CCSC1c1ccc(Cl)cc1. The minimum atomic E-state index is -0.229. The van der Waals surface area contributed by atoms with E-state index in [1.165, 1.54) is 10.7 Å². The van der Waals surface area contributed by atoms with Crippen LogP contribution in [0.25, 0.3) is 0 Å². The van der Waals surface area contributed by atoms with Crippen LogP contribution in [-0.4, -0.2) is 32.9 Å². The van der Waals surface area contributed by atoms with Crippen molar-refractivity contribution in [2.45, 2.75) is 30.7 Å². The number of benzene rings is 1. The quantitative estimate of drug-likeness (QED) is 0.824. The van der Waals surface area contributed by atoms with E-state index < -0.39 is 0 Å². The van der Waals surface area contributed by atoms with Gasteiger partial charge in [0, 0.05) is 29.3 Å². The summed E-state index contributed by atoms with van der Waals surface area (Å²) >= 11 is 7.68. The van der Waals surface area contributed by atoms with Gasteiger partial charge in [0.05, 0.1) is 5.69 Å². The Labute approximate surface area is 155 Å². The number of thioether (sulfide) groups is 1. The second-order valence-electron chi connectivity index (χ2n) is 6.39. The highest BCUT2D eigenvalue weighted by Gasteiger charge is 2.31. The molecule has 1 atom stereocenters. The van der Waals surface area contributed by atoms with Crippen LogP contribution in [-0.2, 0) is 11.3 Å². The van der Waals surface area contributed by atoms with Gasteiger partial charge in [-0.3, -0.25) is 9.59 Å². The summed E-state index contributed by atoms with van der Waals surface area (Å²) in [5, 5.41) is 5.03. The number of amides is 1. The molecule has 0 spiro atoms. The molecule has 130 valence electrons. The Morgan fingerprint density at radius 2 is 1.96 bits per heavy atom. The lowest BCUT2D eigenvalue weighted by molar-refractivity contribution is -0.132. The van der Waals surface area contributed by atoms with E-state index in [4.69, 9.17) is 11.6 Å². The topological polar surface area (TPSA) is 55.2 Å². The molecule has 2 fully saturated rings. The third-order valence-corrected chi connectivity index (χ3v) is 6.05. The van der Waals surface area contributed by atoms with Crippen molar-refractivity contribution in [3.63, 3.8) is 0 Å². The number of halogens is 1. The van der Waals surface area contributed by atoms with Gasteiger partial charge in [0.15, 0.2) is 0 Å². The first-order chi connectivity index (χ1) is 12.1. The third-order valence-electron chi connectivity index (χ3n) is 4.53. The van der Waals surface area contributed by atoms with E-state index in [1.807, 2.05) is 29.2 Å². The van der Waals surface area contributed by atoms with Crippen molar-refractivity contribution >= 4 is 29.3 Å². The van der Waals surface area contributed by atoms with Gasteiger partial charge in [-0.2, -0.15) is 5.10 Å². The van der Waals surface area contributed by atoms with E-state index in [0.717, 1.165) is 29.9 Å². The summed E-state index contributed by atoms with van der Waals surface area (Å²) in [5.74, 6) is 1.25. The molecule has 1 saturated carbocycles. The lowest BCUT2D eigenvalue weighted by Crippen LogP contribution is -2.37. The molecule has 1 aromatic heterocycles. The maximum Gasteiger partial charge on any atom is 0.267 e. The number of nitrogens with zero attached hydrogens (tertiary/aromatic N) is 3. The number of hydrogen-bond donors (Lipinski definition) is 0. The van der Waals surface area contributed by atoms with Gasteiger partial charge in [-0.05, 0) is 36.6 Å². The molecule has 7 heteroatoms. The van der Waals surface area contributed by atoms with Crippen LogP contribution in [0.2, 0.25) is 5.02 Å². The number of rotatable bonds is 4. The third kappa shape index (κ3) is 3.60. The molecule has 1 aliphatic carbocycles. The average Bonchev–Trinajstić information content (AvgIpc) is 3.34. The van der Waals surface area contributed by atoms with E-state index in [9.17, 15) is 9.59 Å². The fourth-order valence-corrected chi connectivity index (χ4v) is 4.43. The zero-order chi connectivity index (χ0) is 17.4. The first-order valence-electron chi connectivity index (χ1n) is 8.36. The first kappa shape index (κ1) is 16.7. The van der Waals surface area contributed by atoms with Gasteiger partial charge < -0.3 is 4.90 Å². The second-order valence-corrected chi connectivity index (χ2v) is 8.01. The van der Waals surface area contributed by atoms with Gasteiger partial charge in [-0.15, -0.1) is 11.8 Å². The number of carbonyl (C=O) groups excluding carboxylic acids is 1. The number of carbonyl (C=O) groups is 1. The number of aromatic nitrogens is 2. The van der Waals surface area contributed by atoms with E-state index in [0.29, 0.717) is 17.5 Å². The highest BCUT2D eigenvalue weighted by Crippen LogP contribution is 2.39. The summed E-state index contributed by atoms with van der Waals surface area (Å²) in [5.41, 5.74) is 1.73. The molecule has 1 aromatic carbocycles. The monoisotopic (exact) mass is 375 g/mol. The Hall–Kier alpha value is -1.79. The molecule has 1 saturated heterocycles. The summed E-state index contributed by atoms with van der Waals surface area (Å²) in [6.45, 7) is 0.665. The van der Waals surface area contributed by atoms with Crippen LogP contribution in [0.4, 0.5) is 0 Å². The molecule has 1 unspecified atom stereocenters. The fourth-order valence-electron chi connectivity index (χ4n) is 3.02. The molecule has 2 aliphatic rings. The predicted octanol–water partition coefficient (Wildman–Crippen LogP) is 3.05. The minimum absolute atomic E-state index is 0.00988. The first-order valence-corrected chi connectivity index (χ1v) is 9.79. The van der Waals surface area contributed by atoms with Crippen molar-refractivity contribution < 1.29 is 4.79 Å². The van der Waals surface area contributed by atoms with Crippen molar-refractivity contribution in [3.05, 3.63) is 63.0 Å². The summed E-state index contributed by atoms with van der Waals surface area (Å²) < 4.78 is 1.30. The van der Waals surface area contributed by atoms with Crippen molar-refractivity contribution in [1.82, 2.24) is 14.7 Å². The molecule has 1 aliphatic heterocycles. The van der Waals surface area contributed by atoms with Gasteiger partial charge in [-0.25, -0.2) is 4.68 Å². The standard InChI is InChI=1S/C18H18ClN3O2S/c19-14-5-3-13(4-6-14)18-21(9-10-25-18)17(24)11-22-16(23)8-7-15(20-22)12-1-2-12/h3-8,12,18H,1-2,9-11H2. The van der Waals surface area contributed by atoms with Crippen LogP contribution >= 0.6 is 23.4 Å². The molecule has 5 nitrogen and oxygen atoms in total. The normalized spacial score (nSPS) is 20.0. The van der Waals surface area contributed by atoms with Crippen LogP contribution in [0.5, 0.6) is 0 Å². The van der Waals surface area contributed by atoms with E-state index in [2.05, 4.69) is 5.10 Å². The predicted molar refractivity (Wildman–Crippen MR) is 98.8 cm³/mol. The fraction of sp³-hybridized carbons (Fsp3) is 0.389. The Morgan fingerprint density at radius 3 is 2.68 bits per heavy atom. The lowest BCUT2D eigenvalue weighted by Gasteiger charge is -2.24. The molecule has 0 N–H and O–H groups in total. The van der Waals surface area contributed by atoms with Crippen molar-refractivity contribution in [1.29, 1.82) is 0 Å². The number of hydrogen-bond acceptors (Lipinski definition) is 4. The molecular formula is C18H18ClN3O2S. The maximum atomic E-state index is 12.8.